The summed E-state index contributed by atoms with van der Waals surface area (Å²) in [7, 11) is 4.61. The number of carbonyl (C=O) groups is 2. The molecule has 32 heavy (non-hydrogen) atoms. The second kappa shape index (κ2) is 11.0. The number of Topliss-reactive ketones (excluding diaryl/α,β-unsaturated/α-hetero) is 1. The van der Waals surface area contributed by atoms with E-state index in [1.54, 1.807) is 12.1 Å². The zero-order valence-corrected chi connectivity index (χ0v) is 19.3. The summed E-state index contributed by atoms with van der Waals surface area (Å²) in [6.45, 7) is 5.55. The minimum absolute atomic E-state index is 0.0676. The van der Waals surface area contributed by atoms with Gasteiger partial charge in [-0.15, -0.1) is 0 Å². The summed E-state index contributed by atoms with van der Waals surface area (Å²) >= 11 is 0. The Bertz CT molecular complexity index is 934. The highest BCUT2D eigenvalue weighted by molar-refractivity contribution is 5.96. The van der Waals surface area contributed by atoms with Gasteiger partial charge in [0.15, 0.2) is 17.3 Å². The molecule has 1 aliphatic heterocycles. The topological polar surface area (TPSA) is 68.3 Å². The van der Waals surface area contributed by atoms with Gasteiger partial charge in [-0.05, 0) is 38.1 Å². The van der Waals surface area contributed by atoms with Gasteiger partial charge in [0.05, 0.1) is 21.3 Å². The molecule has 0 aliphatic carbocycles. The molecule has 0 aromatic heterocycles. The Morgan fingerprint density at radius 2 is 1.59 bits per heavy atom. The molecule has 2 aromatic rings. The maximum atomic E-state index is 13.2. The number of hydrogen-bond donors (Lipinski definition) is 0. The predicted octanol–water partition coefficient (Wildman–Crippen LogP) is 3.44. The van der Waals surface area contributed by atoms with Gasteiger partial charge in [-0.3, -0.25) is 9.59 Å². The molecule has 3 rings (SSSR count). The number of methoxy groups -OCH3 is 3. The van der Waals surface area contributed by atoms with Crippen molar-refractivity contribution in [2.45, 2.75) is 19.8 Å². The van der Waals surface area contributed by atoms with E-state index < -0.39 is 0 Å². The molecule has 1 heterocycles. The summed E-state index contributed by atoms with van der Waals surface area (Å²) in [5, 5.41) is 0. The van der Waals surface area contributed by atoms with Crippen molar-refractivity contribution < 1.29 is 23.8 Å². The first-order valence-corrected chi connectivity index (χ1v) is 10.9. The molecule has 1 saturated heterocycles. The molecule has 172 valence electrons. The number of aryl methyl sites for hydroxylation is 1. The minimum Gasteiger partial charge on any atom is -0.493 e. The third kappa shape index (κ3) is 5.59. The van der Waals surface area contributed by atoms with Gasteiger partial charge < -0.3 is 24.0 Å². The summed E-state index contributed by atoms with van der Waals surface area (Å²) in [6, 6.07) is 11.1. The Kier molecular flexibility index (Phi) is 8.11. The Morgan fingerprint density at radius 1 is 0.875 bits per heavy atom. The smallest absolute Gasteiger partial charge is 0.254 e. The van der Waals surface area contributed by atoms with E-state index in [4.69, 9.17) is 14.2 Å². The summed E-state index contributed by atoms with van der Waals surface area (Å²) in [5.41, 5.74) is 2.35. The number of benzene rings is 2. The van der Waals surface area contributed by atoms with Gasteiger partial charge >= 0.3 is 0 Å². The molecule has 1 aliphatic rings. The van der Waals surface area contributed by atoms with Crippen LogP contribution in [0.5, 0.6) is 17.2 Å². The molecule has 1 fully saturated rings. The van der Waals surface area contributed by atoms with Crippen LogP contribution in [-0.2, 0) is 0 Å². The normalized spacial score (nSPS) is 14.6. The van der Waals surface area contributed by atoms with Gasteiger partial charge in [0.25, 0.3) is 5.91 Å². The fourth-order valence-corrected chi connectivity index (χ4v) is 4.01. The molecule has 0 atom stereocenters. The third-order valence-corrected chi connectivity index (χ3v) is 5.78. The lowest BCUT2D eigenvalue weighted by atomic mass is 10.1. The van der Waals surface area contributed by atoms with E-state index in [0.717, 1.165) is 30.6 Å². The fraction of sp³-hybridized carbons (Fsp3) is 0.440. The molecule has 1 amide bonds. The van der Waals surface area contributed by atoms with Crippen LogP contribution in [0.1, 0.15) is 39.1 Å². The number of rotatable bonds is 8. The van der Waals surface area contributed by atoms with E-state index in [1.807, 2.05) is 36.1 Å². The molecule has 0 spiro atoms. The van der Waals surface area contributed by atoms with Gasteiger partial charge in [-0.1, -0.05) is 23.8 Å². The van der Waals surface area contributed by atoms with Crippen molar-refractivity contribution in [1.82, 2.24) is 9.80 Å². The number of carbonyl (C=O) groups excluding carboxylic acids is 2. The van der Waals surface area contributed by atoms with Crippen LogP contribution in [0.2, 0.25) is 0 Å². The summed E-state index contributed by atoms with van der Waals surface area (Å²) in [6.07, 6.45) is 1.33. The highest BCUT2D eigenvalue weighted by atomic mass is 16.5. The lowest BCUT2D eigenvalue weighted by molar-refractivity contribution is 0.0758. The maximum Gasteiger partial charge on any atom is 0.254 e. The van der Waals surface area contributed by atoms with E-state index in [0.29, 0.717) is 48.9 Å². The molecule has 0 unspecified atom stereocenters. The largest absolute Gasteiger partial charge is 0.493 e. The van der Waals surface area contributed by atoms with Gasteiger partial charge in [-0.2, -0.15) is 0 Å². The van der Waals surface area contributed by atoms with E-state index in [-0.39, 0.29) is 11.7 Å². The second-order valence-electron chi connectivity index (χ2n) is 7.94. The number of hydrogen-bond acceptors (Lipinski definition) is 6. The van der Waals surface area contributed by atoms with Crippen LogP contribution in [0.15, 0.2) is 36.4 Å². The second-order valence-corrected chi connectivity index (χ2v) is 7.94. The van der Waals surface area contributed by atoms with Crippen LogP contribution < -0.4 is 14.2 Å². The number of ketones is 1. The van der Waals surface area contributed by atoms with Crippen LogP contribution in [0.25, 0.3) is 0 Å². The van der Waals surface area contributed by atoms with Crippen LogP contribution in [0.3, 0.4) is 0 Å². The molecule has 0 saturated carbocycles. The Labute approximate surface area is 189 Å². The van der Waals surface area contributed by atoms with Crippen molar-refractivity contribution in [2.75, 3.05) is 54.1 Å². The minimum atomic E-state index is -0.0676. The SMILES string of the molecule is COc1cc(C(=O)N2CCCN(CCC(=O)c3cccc(C)c3)CC2)cc(OC)c1OC. The summed E-state index contributed by atoms with van der Waals surface area (Å²) < 4.78 is 16.1. The average molecular weight is 441 g/mol. The lowest BCUT2D eigenvalue weighted by Crippen LogP contribution is -2.35. The van der Waals surface area contributed by atoms with Gasteiger partial charge in [0.1, 0.15) is 0 Å². The number of nitrogens with zero attached hydrogens (tertiary/aromatic N) is 2. The standard InChI is InChI=1S/C25H32N2O5/c1-18-7-5-8-19(15-18)21(28)9-12-26-10-6-11-27(14-13-26)25(29)20-16-22(30-2)24(32-4)23(17-20)31-3/h5,7-8,15-17H,6,9-14H2,1-4H3. The van der Waals surface area contributed by atoms with E-state index >= 15 is 0 Å². The summed E-state index contributed by atoms with van der Waals surface area (Å²) in [5.74, 6) is 1.47. The van der Waals surface area contributed by atoms with Crippen LogP contribution in [-0.4, -0.2) is 75.5 Å². The highest BCUT2D eigenvalue weighted by Crippen LogP contribution is 2.38. The zero-order valence-electron chi connectivity index (χ0n) is 19.3. The fourth-order valence-electron chi connectivity index (χ4n) is 4.01. The van der Waals surface area contributed by atoms with E-state index in [2.05, 4.69) is 4.90 Å². The van der Waals surface area contributed by atoms with Crippen molar-refractivity contribution in [3.63, 3.8) is 0 Å². The van der Waals surface area contributed by atoms with Gasteiger partial charge in [0, 0.05) is 43.7 Å². The van der Waals surface area contributed by atoms with E-state index in [9.17, 15) is 9.59 Å². The molecule has 0 radical (unpaired) electrons. The van der Waals surface area contributed by atoms with Crippen molar-refractivity contribution in [3.8, 4) is 17.2 Å². The number of amides is 1. The molecule has 7 nitrogen and oxygen atoms in total. The monoisotopic (exact) mass is 440 g/mol. The molecular formula is C25H32N2O5. The first-order valence-electron chi connectivity index (χ1n) is 10.9. The predicted molar refractivity (Wildman–Crippen MR) is 123 cm³/mol. The molecule has 7 heteroatoms. The Balaban J connectivity index is 1.61. The first-order chi connectivity index (χ1) is 15.5. The zero-order chi connectivity index (χ0) is 23.1. The quantitative estimate of drug-likeness (QED) is 0.586. The Hall–Kier alpha value is -3.06. The highest BCUT2D eigenvalue weighted by Gasteiger charge is 2.23. The third-order valence-electron chi connectivity index (χ3n) is 5.78. The van der Waals surface area contributed by atoms with Crippen molar-refractivity contribution in [3.05, 3.63) is 53.1 Å². The van der Waals surface area contributed by atoms with Crippen molar-refractivity contribution in [1.29, 1.82) is 0 Å². The summed E-state index contributed by atoms with van der Waals surface area (Å²) in [4.78, 5) is 29.8. The Morgan fingerprint density at radius 3 is 2.22 bits per heavy atom. The van der Waals surface area contributed by atoms with Crippen LogP contribution >= 0.6 is 0 Å². The molecule has 2 aromatic carbocycles. The van der Waals surface area contributed by atoms with Crippen molar-refractivity contribution in [2.24, 2.45) is 0 Å². The number of ether oxygens (including phenoxy) is 3. The van der Waals surface area contributed by atoms with Gasteiger partial charge in [-0.25, -0.2) is 0 Å². The van der Waals surface area contributed by atoms with Crippen molar-refractivity contribution >= 4 is 11.7 Å². The van der Waals surface area contributed by atoms with E-state index in [1.165, 1.54) is 21.3 Å². The average Bonchev–Trinajstić information content (AvgIpc) is 3.06. The molecular weight excluding hydrogens is 408 g/mol. The van der Waals surface area contributed by atoms with Crippen LogP contribution in [0, 0.1) is 6.92 Å². The van der Waals surface area contributed by atoms with Gasteiger partial charge in [0.2, 0.25) is 5.75 Å². The molecule has 0 N–H and O–H groups in total. The molecule has 0 bridgehead atoms. The lowest BCUT2D eigenvalue weighted by Gasteiger charge is -2.23. The first kappa shape index (κ1) is 23.6. The van der Waals surface area contributed by atoms with Crippen LogP contribution in [0.4, 0.5) is 0 Å². The maximum absolute atomic E-state index is 13.2.